The van der Waals surface area contributed by atoms with Crippen LogP contribution >= 0.6 is 38.6 Å². The van der Waals surface area contributed by atoms with Gasteiger partial charge in [0.15, 0.2) is 11.7 Å². The molecule has 2 aromatic heterocycles. The molecule has 2 rings (SSSR count). The highest BCUT2D eigenvalue weighted by Gasteiger charge is 2.26. The molecular weight excluding hydrogens is 320 g/mol. The molecule has 0 aliphatic rings. The van der Waals surface area contributed by atoms with Crippen molar-refractivity contribution < 1.29 is 4.79 Å². The zero-order chi connectivity index (χ0) is 12.4. The number of carbonyl (C=O) groups excluding carboxylic acids is 1. The fraction of sp³-hybridized carbons (Fsp3) is 0.182. The van der Waals surface area contributed by atoms with Crippen molar-refractivity contribution in [1.29, 1.82) is 5.26 Å². The summed E-state index contributed by atoms with van der Waals surface area (Å²) in [6.07, 6.45) is 0. The van der Waals surface area contributed by atoms with Crippen LogP contribution in [-0.4, -0.2) is 10.8 Å². The first-order valence-electron chi connectivity index (χ1n) is 4.72. The van der Waals surface area contributed by atoms with E-state index in [1.54, 1.807) is 6.07 Å². The highest BCUT2D eigenvalue weighted by Crippen LogP contribution is 2.30. The molecule has 2 aromatic rings. The monoisotopic (exact) mass is 326 g/mol. The molecule has 0 radical (unpaired) electrons. The van der Waals surface area contributed by atoms with Crippen LogP contribution in [0.3, 0.4) is 0 Å². The number of hydrogen-bond donors (Lipinski definition) is 0. The summed E-state index contributed by atoms with van der Waals surface area (Å²) in [5.74, 6) is -0.993. The van der Waals surface area contributed by atoms with E-state index in [-0.39, 0.29) is 5.78 Å². The van der Waals surface area contributed by atoms with Crippen molar-refractivity contribution in [2.75, 3.05) is 0 Å². The Kier molecular flexibility index (Phi) is 3.72. The Bertz CT molecular complexity index is 597. The molecule has 0 amide bonds. The molecule has 3 nitrogen and oxygen atoms in total. The summed E-state index contributed by atoms with van der Waals surface area (Å²) in [5.41, 5.74) is 0.836. The number of rotatable bonds is 3. The lowest BCUT2D eigenvalue weighted by molar-refractivity contribution is 0.0982. The largest absolute Gasteiger partial charge is 0.291 e. The van der Waals surface area contributed by atoms with Gasteiger partial charge >= 0.3 is 0 Å². The van der Waals surface area contributed by atoms with Gasteiger partial charge in [-0.05, 0) is 34.3 Å². The third kappa shape index (κ3) is 2.46. The minimum Gasteiger partial charge on any atom is -0.291 e. The van der Waals surface area contributed by atoms with Gasteiger partial charge in [-0.25, -0.2) is 4.98 Å². The second-order valence-electron chi connectivity index (χ2n) is 3.35. The SMILES string of the molecule is Cc1csc(C(C#N)C(=O)c2sccc2Br)n1. The number of aryl methyl sites for hydroxylation is 1. The highest BCUT2D eigenvalue weighted by atomic mass is 79.9. The molecule has 2 heterocycles. The number of halogens is 1. The van der Waals surface area contributed by atoms with Crippen LogP contribution in [0.2, 0.25) is 0 Å². The van der Waals surface area contributed by atoms with Gasteiger partial charge in [0.05, 0.1) is 10.9 Å². The van der Waals surface area contributed by atoms with Crippen LogP contribution in [0.25, 0.3) is 0 Å². The molecule has 17 heavy (non-hydrogen) atoms. The number of thiazole rings is 1. The van der Waals surface area contributed by atoms with Crippen LogP contribution < -0.4 is 0 Å². The quantitative estimate of drug-likeness (QED) is 0.807. The minimum absolute atomic E-state index is 0.191. The summed E-state index contributed by atoms with van der Waals surface area (Å²) in [4.78, 5) is 17.0. The maximum Gasteiger partial charge on any atom is 0.197 e. The van der Waals surface area contributed by atoms with E-state index in [1.807, 2.05) is 23.8 Å². The van der Waals surface area contributed by atoms with Crippen LogP contribution in [0.4, 0.5) is 0 Å². The fourth-order valence-corrected chi connectivity index (χ4v) is 3.71. The van der Waals surface area contributed by atoms with Crippen molar-refractivity contribution in [2.45, 2.75) is 12.8 Å². The number of nitrogens with zero attached hydrogens (tertiary/aromatic N) is 2. The van der Waals surface area contributed by atoms with Crippen molar-refractivity contribution in [3.8, 4) is 6.07 Å². The van der Waals surface area contributed by atoms with Crippen LogP contribution in [0.1, 0.15) is 26.3 Å². The second kappa shape index (κ2) is 5.08. The molecule has 0 aliphatic heterocycles. The molecule has 0 saturated heterocycles. The summed E-state index contributed by atoms with van der Waals surface area (Å²) < 4.78 is 0.737. The molecular formula is C11H7BrN2OS2. The topological polar surface area (TPSA) is 53.8 Å². The van der Waals surface area contributed by atoms with Crippen molar-refractivity contribution in [3.63, 3.8) is 0 Å². The lowest BCUT2D eigenvalue weighted by Crippen LogP contribution is -2.10. The lowest BCUT2D eigenvalue weighted by Gasteiger charge is -2.03. The first kappa shape index (κ1) is 12.4. The summed E-state index contributed by atoms with van der Waals surface area (Å²) in [7, 11) is 0. The van der Waals surface area contributed by atoms with Gasteiger partial charge < -0.3 is 0 Å². The zero-order valence-electron chi connectivity index (χ0n) is 8.81. The average molecular weight is 327 g/mol. The Balaban J connectivity index is 2.36. The molecule has 0 bridgehead atoms. The van der Waals surface area contributed by atoms with Gasteiger partial charge in [0, 0.05) is 15.5 Å². The number of hydrogen-bond acceptors (Lipinski definition) is 5. The van der Waals surface area contributed by atoms with Crippen molar-refractivity contribution in [1.82, 2.24) is 4.98 Å². The Morgan fingerprint density at radius 2 is 2.35 bits per heavy atom. The molecule has 1 atom stereocenters. The zero-order valence-corrected chi connectivity index (χ0v) is 12.0. The molecule has 0 aromatic carbocycles. The van der Waals surface area contributed by atoms with Crippen molar-refractivity contribution in [3.05, 3.63) is 36.9 Å². The molecule has 1 unspecified atom stereocenters. The minimum atomic E-state index is -0.802. The maximum absolute atomic E-state index is 12.2. The standard InChI is InChI=1S/C11H7BrN2OS2/c1-6-5-17-11(14-6)7(4-13)9(15)10-8(12)2-3-16-10/h2-3,5,7H,1H3. The van der Waals surface area contributed by atoms with E-state index >= 15 is 0 Å². The summed E-state index contributed by atoms with van der Waals surface area (Å²) in [6, 6.07) is 3.84. The Morgan fingerprint density at radius 3 is 2.82 bits per heavy atom. The van der Waals surface area contributed by atoms with Gasteiger partial charge in [-0.15, -0.1) is 22.7 Å². The fourth-order valence-electron chi connectivity index (χ4n) is 1.33. The molecule has 0 fully saturated rings. The molecule has 0 N–H and O–H groups in total. The van der Waals surface area contributed by atoms with E-state index in [0.29, 0.717) is 9.88 Å². The van der Waals surface area contributed by atoms with E-state index < -0.39 is 5.92 Å². The van der Waals surface area contributed by atoms with E-state index in [9.17, 15) is 4.79 Å². The first-order chi connectivity index (χ1) is 8.13. The predicted molar refractivity (Wildman–Crippen MR) is 71.6 cm³/mol. The van der Waals surface area contributed by atoms with E-state index in [1.165, 1.54) is 22.7 Å². The van der Waals surface area contributed by atoms with Gasteiger partial charge in [0.25, 0.3) is 0 Å². The third-order valence-corrected chi connectivity index (χ3v) is 5.00. The number of aromatic nitrogens is 1. The van der Waals surface area contributed by atoms with Crippen LogP contribution in [-0.2, 0) is 0 Å². The predicted octanol–water partition coefficient (Wildman–Crippen LogP) is 3.77. The number of nitriles is 1. The molecule has 6 heteroatoms. The van der Waals surface area contributed by atoms with Crippen molar-refractivity contribution in [2.24, 2.45) is 0 Å². The Morgan fingerprint density at radius 1 is 1.59 bits per heavy atom. The van der Waals surface area contributed by atoms with Gasteiger partial charge in [0.1, 0.15) is 5.01 Å². The molecule has 0 saturated carbocycles. The summed E-state index contributed by atoms with van der Waals surface area (Å²) in [5, 5.41) is 13.4. The summed E-state index contributed by atoms with van der Waals surface area (Å²) in [6.45, 7) is 1.85. The Hall–Kier alpha value is -1.03. The van der Waals surface area contributed by atoms with Gasteiger partial charge in [-0.2, -0.15) is 5.26 Å². The van der Waals surface area contributed by atoms with E-state index in [0.717, 1.165) is 10.2 Å². The van der Waals surface area contributed by atoms with Crippen LogP contribution in [0.15, 0.2) is 21.3 Å². The average Bonchev–Trinajstić information content (AvgIpc) is 2.88. The lowest BCUT2D eigenvalue weighted by atomic mass is 10.1. The highest BCUT2D eigenvalue weighted by molar-refractivity contribution is 9.10. The second-order valence-corrected chi connectivity index (χ2v) is 6.01. The number of carbonyl (C=O) groups is 1. The third-order valence-electron chi connectivity index (χ3n) is 2.12. The van der Waals surface area contributed by atoms with E-state index in [4.69, 9.17) is 5.26 Å². The van der Waals surface area contributed by atoms with Crippen LogP contribution in [0.5, 0.6) is 0 Å². The normalized spacial score (nSPS) is 12.1. The number of ketones is 1. The first-order valence-corrected chi connectivity index (χ1v) is 7.27. The molecule has 0 spiro atoms. The smallest absolute Gasteiger partial charge is 0.197 e. The maximum atomic E-state index is 12.2. The number of thiophene rings is 1. The van der Waals surface area contributed by atoms with Gasteiger partial charge in [-0.3, -0.25) is 4.79 Å². The van der Waals surface area contributed by atoms with Gasteiger partial charge in [-0.1, -0.05) is 0 Å². The Labute approximate surface area is 115 Å². The molecule has 86 valence electrons. The molecule has 0 aliphatic carbocycles. The van der Waals surface area contributed by atoms with Gasteiger partial charge in [0.2, 0.25) is 0 Å². The van der Waals surface area contributed by atoms with Crippen molar-refractivity contribution >= 4 is 44.4 Å². The number of Topliss-reactive ketones (excluding diaryl/α,β-unsaturated/α-hetero) is 1. The van der Waals surface area contributed by atoms with E-state index in [2.05, 4.69) is 20.9 Å². The summed E-state index contributed by atoms with van der Waals surface area (Å²) >= 11 is 5.99. The van der Waals surface area contributed by atoms with Crippen LogP contribution in [0, 0.1) is 18.3 Å².